The second-order valence-electron chi connectivity index (χ2n) is 1.48. The molecule has 0 fully saturated rings. The van der Waals surface area contributed by atoms with E-state index in [-0.39, 0.29) is 14.1 Å². The largest absolute Gasteiger partial charge is 0.269 e. The van der Waals surface area contributed by atoms with E-state index in [2.05, 4.69) is 0 Å². The van der Waals surface area contributed by atoms with Crippen LogP contribution in [-0.2, 0) is 0 Å². The zero-order chi connectivity index (χ0) is 5.82. The molecule has 1 aromatic carbocycles. The SMILES string of the molecule is F.F.F.N#Cc1ccccc1. The van der Waals surface area contributed by atoms with E-state index < -0.39 is 0 Å². The van der Waals surface area contributed by atoms with Gasteiger partial charge in [-0.25, -0.2) is 0 Å². The minimum absolute atomic E-state index is 0. The molecule has 0 aliphatic rings. The van der Waals surface area contributed by atoms with E-state index in [1.54, 1.807) is 12.1 Å². The first-order valence-electron chi connectivity index (χ1n) is 2.38. The topological polar surface area (TPSA) is 23.8 Å². The Morgan fingerprint density at radius 3 is 1.64 bits per heavy atom. The van der Waals surface area contributed by atoms with Crippen molar-refractivity contribution in [3.8, 4) is 6.07 Å². The lowest BCUT2D eigenvalue weighted by Gasteiger charge is -1.80. The Morgan fingerprint density at radius 2 is 1.36 bits per heavy atom. The third-order valence-electron chi connectivity index (χ3n) is 0.903. The fourth-order valence-corrected chi connectivity index (χ4v) is 0.513. The smallest absolute Gasteiger partial charge is 0.0991 e. The first-order chi connectivity index (χ1) is 3.93. The summed E-state index contributed by atoms with van der Waals surface area (Å²) < 4.78 is 0. The van der Waals surface area contributed by atoms with Crippen LogP contribution in [0.25, 0.3) is 0 Å². The molecule has 0 bridgehead atoms. The molecule has 11 heavy (non-hydrogen) atoms. The van der Waals surface area contributed by atoms with Gasteiger partial charge in [0.2, 0.25) is 0 Å². The van der Waals surface area contributed by atoms with Gasteiger partial charge in [-0.3, -0.25) is 14.1 Å². The highest BCUT2D eigenvalue weighted by Gasteiger charge is 1.79. The van der Waals surface area contributed by atoms with E-state index in [0.717, 1.165) is 0 Å². The molecule has 0 radical (unpaired) electrons. The third-order valence-corrected chi connectivity index (χ3v) is 0.903. The maximum atomic E-state index is 8.29. The molecule has 1 rings (SSSR count). The van der Waals surface area contributed by atoms with Crippen LogP contribution in [0, 0.1) is 11.3 Å². The van der Waals surface area contributed by atoms with E-state index in [1.165, 1.54) is 0 Å². The molecular weight excluding hydrogens is 155 g/mol. The maximum Gasteiger partial charge on any atom is 0.0991 e. The molecule has 0 aliphatic heterocycles. The number of hydrogen-bond donors (Lipinski definition) is 0. The summed E-state index contributed by atoms with van der Waals surface area (Å²) in [6.07, 6.45) is 0. The highest BCUT2D eigenvalue weighted by Crippen LogP contribution is 1.92. The van der Waals surface area contributed by atoms with Crippen molar-refractivity contribution >= 4 is 0 Å². The monoisotopic (exact) mass is 163 g/mol. The van der Waals surface area contributed by atoms with Gasteiger partial charge in [0.15, 0.2) is 0 Å². The summed E-state index contributed by atoms with van der Waals surface area (Å²) in [5.74, 6) is 0. The van der Waals surface area contributed by atoms with Crippen molar-refractivity contribution in [3.63, 3.8) is 0 Å². The molecule has 0 aliphatic carbocycles. The Hall–Kier alpha value is -1.50. The van der Waals surface area contributed by atoms with Crippen LogP contribution in [0.15, 0.2) is 30.3 Å². The van der Waals surface area contributed by atoms with Crippen LogP contribution >= 0.6 is 0 Å². The van der Waals surface area contributed by atoms with Gasteiger partial charge < -0.3 is 0 Å². The summed E-state index contributed by atoms with van der Waals surface area (Å²) in [6, 6.07) is 11.2. The number of hydrogen-bond acceptors (Lipinski definition) is 1. The fraction of sp³-hybridized carbons (Fsp3) is 0. The van der Waals surface area contributed by atoms with Gasteiger partial charge in [-0.2, -0.15) is 5.26 Å². The molecule has 62 valence electrons. The van der Waals surface area contributed by atoms with Gasteiger partial charge >= 0.3 is 0 Å². The van der Waals surface area contributed by atoms with Gasteiger partial charge in [0, 0.05) is 0 Å². The van der Waals surface area contributed by atoms with E-state index in [9.17, 15) is 0 Å². The quantitative estimate of drug-likeness (QED) is 0.574. The van der Waals surface area contributed by atoms with Crippen LogP contribution in [0.2, 0.25) is 0 Å². The predicted octanol–water partition coefficient (Wildman–Crippen LogP) is 2.02. The first kappa shape index (κ1) is 16.2. The number of rotatable bonds is 0. The lowest BCUT2D eigenvalue weighted by molar-refractivity contribution is 1.11. The zero-order valence-corrected chi connectivity index (χ0v) is 5.56. The Morgan fingerprint density at radius 1 is 0.909 bits per heavy atom. The van der Waals surface area contributed by atoms with E-state index >= 15 is 0 Å². The molecule has 0 aromatic heterocycles. The summed E-state index contributed by atoms with van der Waals surface area (Å²) in [4.78, 5) is 0. The Balaban J connectivity index is -0.000000213. The molecule has 0 amide bonds. The lowest BCUT2D eigenvalue weighted by atomic mass is 10.2. The van der Waals surface area contributed by atoms with Gasteiger partial charge in [-0.15, -0.1) is 0 Å². The Labute approximate surface area is 62.4 Å². The second kappa shape index (κ2) is 8.50. The Kier molecular flexibility index (Phi) is 12.6. The van der Waals surface area contributed by atoms with Crippen molar-refractivity contribution in [1.82, 2.24) is 0 Å². The van der Waals surface area contributed by atoms with Gasteiger partial charge in [0.25, 0.3) is 0 Å². The van der Waals surface area contributed by atoms with Crippen molar-refractivity contribution < 1.29 is 14.1 Å². The minimum Gasteiger partial charge on any atom is -0.269 e. The maximum absolute atomic E-state index is 8.29. The highest BCUT2D eigenvalue weighted by molar-refractivity contribution is 5.27. The van der Waals surface area contributed by atoms with Gasteiger partial charge in [-0.1, -0.05) is 18.2 Å². The average Bonchev–Trinajstić information content (AvgIpc) is 1.90. The molecule has 0 heterocycles. The lowest BCUT2D eigenvalue weighted by Crippen LogP contribution is -1.66. The van der Waals surface area contributed by atoms with E-state index in [0.29, 0.717) is 5.56 Å². The standard InChI is InChI=1S/C7H5N.3FH/c8-6-7-4-2-1-3-5-7;;;/h1-5H;3*1H. The van der Waals surface area contributed by atoms with Crippen LogP contribution < -0.4 is 0 Å². The van der Waals surface area contributed by atoms with Crippen molar-refractivity contribution in [2.45, 2.75) is 0 Å². The van der Waals surface area contributed by atoms with Crippen LogP contribution in [-0.4, -0.2) is 0 Å². The average molecular weight is 163 g/mol. The molecule has 1 nitrogen and oxygen atoms in total. The number of nitriles is 1. The number of benzene rings is 1. The first-order valence-corrected chi connectivity index (χ1v) is 2.38. The fourth-order valence-electron chi connectivity index (χ4n) is 0.513. The zero-order valence-electron chi connectivity index (χ0n) is 5.56. The predicted molar refractivity (Wildman–Crippen MR) is 38.7 cm³/mol. The Bertz CT molecular complexity index is 205. The van der Waals surface area contributed by atoms with Crippen LogP contribution in [0.1, 0.15) is 5.56 Å². The summed E-state index contributed by atoms with van der Waals surface area (Å²) in [5, 5.41) is 8.29. The molecule has 0 saturated carbocycles. The molecule has 0 N–H and O–H groups in total. The molecule has 4 heteroatoms. The summed E-state index contributed by atoms with van der Waals surface area (Å²) >= 11 is 0. The van der Waals surface area contributed by atoms with Crippen LogP contribution in [0.3, 0.4) is 0 Å². The van der Waals surface area contributed by atoms with Crippen LogP contribution in [0.4, 0.5) is 14.1 Å². The molecule has 0 spiro atoms. The van der Waals surface area contributed by atoms with E-state index in [4.69, 9.17) is 5.26 Å². The van der Waals surface area contributed by atoms with Gasteiger partial charge in [0.05, 0.1) is 11.6 Å². The second-order valence-corrected chi connectivity index (χ2v) is 1.48. The van der Waals surface area contributed by atoms with Crippen LogP contribution in [0.5, 0.6) is 0 Å². The normalized spacial score (nSPS) is 5.73. The van der Waals surface area contributed by atoms with Crippen molar-refractivity contribution in [2.24, 2.45) is 0 Å². The molecule has 1 aromatic rings. The summed E-state index contributed by atoms with van der Waals surface area (Å²) in [6.45, 7) is 0. The highest BCUT2D eigenvalue weighted by atomic mass is 19.0. The number of nitrogens with zero attached hydrogens (tertiary/aromatic N) is 1. The molecule has 0 atom stereocenters. The summed E-state index contributed by atoms with van der Waals surface area (Å²) in [7, 11) is 0. The molecule has 0 unspecified atom stereocenters. The third kappa shape index (κ3) is 4.97. The molecular formula is C7H8F3N. The number of halogens is 3. The van der Waals surface area contributed by atoms with E-state index in [1.807, 2.05) is 24.3 Å². The van der Waals surface area contributed by atoms with Crippen molar-refractivity contribution in [3.05, 3.63) is 35.9 Å². The van der Waals surface area contributed by atoms with Crippen molar-refractivity contribution in [2.75, 3.05) is 0 Å². The van der Waals surface area contributed by atoms with Gasteiger partial charge in [0.1, 0.15) is 0 Å². The summed E-state index contributed by atoms with van der Waals surface area (Å²) in [5.41, 5.74) is 0.715. The molecule has 0 saturated heterocycles. The van der Waals surface area contributed by atoms with Gasteiger partial charge in [-0.05, 0) is 12.1 Å². The minimum atomic E-state index is 0. The van der Waals surface area contributed by atoms with Crippen molar-refractivity contribution in [1.29, 1.82) is 5.26 Å².